The lowest BCUT2D eigenvalue weighted by molar-refractivity contribution is -0.200. The molecule has 1 saturated heterocycles. The number of hydrogen-bond donors (Lipinski definition) is 0. The Labute approximate surface area is 199 Å². The van der Waals surface area contributed by atoms with Crippen molar-refractivity contribution in [2.24, 2.45) is 4.99 Å². The quantitative estimate of drug-likeness (QED) is 0.284. The Morgan fingerprint density at radius 3 is 2.27 bits per heavy atom. The number of carbonyl (C=O) groups is 3. The highest BCUT2D eigenvalue weighted by Gasteiger charge is 2.50. The topological polar surface area (TPSA) is 113 Å². The summed E-state index contributed by atoms with van der Waals surface area (Å²) in [6, 6.07) is 0.167. The van der Waals surface area contributed by atoms with E-state index < -0.39 is 59.6 Å². The number of alkyl halides is 3. The average molecular weight is 557 g/mol. The predicted octanol–water partition coefficient (Wildman–Crippen LogP) is 3.18. The van der Waals surface area contributed by atoms with E-state index in [-0.39, 0.29) is 16.0 Å². The van der Waals surface area contributed by atoms with Gasteiger partial charge in [0.2, 0.25) is 0 Å². The second-order valence-electron chi connectivity index (χ2n) is 6.78. The summed E-state index contributed by atoms with van der Waals surface area (Å²) in [6.07, 6.45) is -6.94. The van der Waals surface area contributed by atoms with Crippen molar-refractivity contribution in [2.75, 3.05) is 6.61 Å². The van der Waals surface area contributed by atoms with Crippen molar-refractivity contribution in [3.05, 3.63) is 22.4 Å². The monoisotopic (exact) mass is 556 g/mol. The van der Waals surface area contributed by atoms with Crippen LogP contribution in [-0.4, -0.2) is 66.0 Å². The largest absolute Gasteiger partial charge is 0.463 e. The van der Waals surface area contributed by atoms with Crippen LogP contribution in [0.25, 0.3) is 0 Å². The maximum absolute atomic E-state index is 13.0. The fraction of sp³-hybridized carbons (Fsp3) is 0.526. The Kier molecular flexibility index (Phi) is 9.26. The van der Waals surface area contributed by atoms with Gasteiger partial charge in [0.25, 0.3) is 0 Å². The van der Waals surface area contributed by atoms with E-state index >= 15 is 0 Å². The zero-order chi connectivity index (χ0) is 24.9. The highest BCUT2D eigenvalue weighted by molar-refractivity contribution is 9.10. The molecule has 1 aliphatic rings. The number of thioether (sulfide) groups is 1. The molecule has 0 aliphatic carbocycles. The first kappa shape index (κ1) is 27.1. The Bertz CT molecular complexity index is 918. The van der Waals surface area contributed by atoms with Crippen LogP contribution >= 0.6 is 27.7 Å². The van der Waals surface area contributed by atoms with Crippen LogP contribution in [0.2, 0.25) is 0 Å². The number of aliphatic imine (C=N–C) groups is 1. The molecule has 14 heteroatoms. The molecule has 0 saturated carbocycles. The van der Waals surface area contributed by atoms with Crippen molar-refractivity contribution in [2.45, 2.75) is 61.6 Å². The van der Waals surface area contributed by atoms with Crippen LogP contribution in [0.1, 0.15) is 26.5 Å². The standard InChI is InChI=1S/C19H20BrF3N2O7S/c1-8(26)29-7-13-15(30-9(2)27)14(24-4)16(31-10(3)28)18(32-13)33-11-5-12(20)17(25-6-11)19(21,22)23/h5-6,13-16,18H,4,7H2,1-3H3/t13?,14?,15-,16?,18+/m0/s1. The lowest BCUT2D eigenvalue weighted by atomic mass is 9.97. The van der Waals surface area contributed by atoms with E-state index in [0.717, 1.165) is 31.8 Å². The zero-order valence-electron chi connectivity index (χ0n) is 17.6. The highest BCUT2D eigenvalue weighted by atomic mass is 79.9. The van der Waals surface area contributed by atoms with Gasteiger partial charge in [-0.05, 0) is 28.7 Å². The van der Waals surface area contributed by atoms with Crippen LogP contribution in [0.5, 0.6) is 0 Å². The average Bonchev–Trinajstić information content (AvgIpc) is 2.67. The van der Waals surface area contributed by atoms with Gasteiger partial charge in [0.05, 0.1) is 0 Å². The molecule has 33 heavy (non-hydrogen) atoms. The van der Waals surface area contributed by atoms with Gasteiger partial charge >= 0.3 is 24.1 Å². The summed E-state index contributed by atoms with van der Waals surface area (Å²) >= 11 is 3.75. The van der Waals surface area contributed by atoms with E-state index in [9.17, 15) is 27.6 Å². The second kappa shape index (κ2) is 11.3. The Balaban J connectivity index is 2.41. The number of pyridine rings is 1. The smallest absolute Gasteiger partial charge is 0.434 e. The summed E-state index contributed by atoms with van der Waals surface area (Å²) in [4.78, 5) is 42.3. The molecule has 1 aromatic heterocycles. The summed E-state index contributed by atoms with van der Waals surface area (Å²) in [6.45, 7) is 6.62. The molecule has 3 unspecified atom stereocenters. The SMILES string of the molecule is C=NC1C(OC(C)=O)[C@@H](Sc2cnc(C(F)(F)F)c(Br)c2)OC(COC(C)=O)[C@@H]1OC(C)=O. The number of esters is 3. The van der Waals surface area contributed by atoms with Crippen LogP contribution in [0.15, 0.2) is 26.6 Å². The normalized spacial score (nSPS) is 25.1. The summed E-state index contributed by atoms with van der Waals surface area (Å²) in [5.74, 6) is -2.01. The van der Waals surface area contributed by atoms with E-state index in [1.54, 1.807) is 0 Å². The first-order valence-corrected chi connectivity index (χ1v) is 11.0. The zero-order valence-corrected chi connectivity index (χ0v) is 20.0. The molecule has 2 heterocycles. The van der Waals surface area contributed by atoms with E-state index in [4.69, 9.17) is 18.9 Å². The van der Waals surface area contributed by atoms with E-state index in [1.807, 2.05) is 0 Å². The van der Waals surface area contributed by atoms with Gasteiger partial charge < -0.3 is 18.9 Å². The third-order valence-corrected chi connectivity index (χ3v) is 5.93. The van der Waals surface area contributed by atoms with Gasteiger partial charge in [-0.1, -0.05) is 11.8 Å². The van der Waals surface area contributed by atoms with Gasteiger partial charge in [0.15, 0.2) is 17.9 Å². The van der Waals surface area contributed by atoms with Crippen molar-refractivity contribution in [1.82, 2.24) is 4.98 Å². The molecule has 5 atom stereocenters. The maximum Gasteiger partial charge on any atom is 0.434 e. The Morgan fingerprint density at radius 2 is 1.79 bits per heavy atom. The maximum atomic E-state index is 13.0. The number of nitrogens with zero attached hydrogens (tertiary/aromatic N) is 2. The molecule has 182 valence electrons. The van der Waals surface area contributed by atoms with E-state index in [1.165, 1.54) is 13.0 Å². The summed E-state index contributed by atoms with van der Waals surface area (Å²) < 4.78 is 60.3. The molecular formula is C19H20BrF3N2O7S. The van der Waals surface area contributed by atoms with Crippen molar-refractivity contribution < 1.29 is 46.5 Å². The molecule has 0 N–H and O–H groups in total. The van der Waals surface area contributed by atoms with Crippen LogP contribution in [0, 0.1) is 0 Å². The van der Waals surface area contributed by atoms with Crippen molar-refractivity contribution in [1.29, 1.82) is 0 Å². The van der Waals surface area contributed by atoms with E-state index in [2.05, 4.69) is 32.6 Å². The van der Waals surface area contributed by atoms with Gasteiger partial charge in [-0.15, -0.1) is 0 Å². The molecule has 0 radical (unpaired) electrons. The minimum Gasteiger partial charge on any atom is -0.463 e. The van der Waals surface area contributed by atoms with Gasteiger partial charge in [0.1, 0.15) is 24.2 Å². The second-order valence-corrected chi connectivity index (χ2v) is 8.81. The molecule has 0 aromatic carbocycles. The number of ether oxygens (including phenoxy) is 4. The lowest BCUT2D eigenvalue weighted by Gasteiger charge is -2.43. The number of halogens is 4. The van der Waals surface area contributed by atoms with Crippen molar-refractivity contribution in [3.8, 4) is 0 Å². The van der Waals surface area contributed by atoms with Gasteiger partial charge in [-0.3, -0.25) is 19.4 Å². The molecule has 1 aliphatic heterocycles. The first-order chi connectivity index (χ1) is 15.3. The molecule has 0 amide bonds. The molecule has 0 bridgehead atoms. The fourth-order valence-electron chi connectivity index (χ4n) is 3.01. The minimum atomic E-state index is -4.66. The third-order valence-electron chi connectivity index (χ3n) is 4.22. The van der Waals surface area contributed by atoms with Crippen LogP contribution in [0.3, 0.4) is 0 Å². The van der Waals surface area contributed by atoms with Crippen LogP contribution < -0.4 is 0 Å². The third kappa shape index (κ3) is 7.40. The number of rotatable bonds is 7. The van der Waals surface area contributed by atoms with Crippen molar-refractivity contribution in [3.63, 3.8) is 0 Å². The lowest BCUT2D eigenvalue weighted by Crippen LogP contribution is -2.59. The number of aromatic nitrogens is 1. The molecule has 1 fully saturated rings. The Morgan fingerprint density at radius 1 is 1.18 bits per heavy atom. The van der Waals surface area contributed by atoms with Gasteiger partial charge in [-0.25, -0.2) is 4.98 Å². The molecule has 1 aromatic rings. The summed E-state index contributed by atoms with van der Waals surface area (Å²) in [5.41, 5.74) is -2.15. The van der Waals surface area contributed by atoms with Crippen LogP contribution in [-0.2, 0) is 39.5 Å². The summed E-state index contributed by atoms with van der Waals surface area (Å²) in [5, 5.41) is 0. The fourth-order valence-corrected chi connectivity index (χ4v) is 4.85. The minimum absolute atomic E-state index is 0.247. The van der Waals surface area contributed by atoms with Crippen molar-refractivity contribution >= 4 is 52.3 Å². The molecule has 2 rings (SSSR count). The molecule has 9 nitrogen and oxygen atoms in total. The number of carbonyl (C=O) groups excluding carboxylic acids is 3. The van der Waals surface area contributed by atoms with Gasteiger partial charge in [-0.2, -0.15) is 13.2 Å². The number of hydrogen-bond acceptors (Lipinski definition) is 10. The Hall–Kier alpha value is -2.19. The highest BCUT2D eigenvalue weighted by Crippen LogP contribution is 2.40. The first-order valence-electron chi connectivity index (χ1n) is 9.32. The van der Waals surface area contributed by atoms with E-state index in [0.29, 0.717) is 0 Å². The molecule has 0 spiro atoms. The van der Waals surface area contributed by atoms with Crippen LogP contribution in [0.4, 0.5) is 13.2 Å². The summed E-state index contributed by atoms with van der Waals surface area (Å²) in [7, 11) is 0. The molecular weight excluding hydrogens is 537 g/mol. The van der Waals surface area contributed by atoms with Gasteiger partial charge in [0, 0.05) is 36.3 Å². The predicted molar refractivity (Wildman–Crippen MR) is 113 cm³/mol.